The molecule has 28 heavy (non-hydrogen) atoms. The van der Waals surface area contributed by atoms with Gasteiger partial charge in [-0.25, -0.2) is 0 Å². The van der Waals surface area contributed by atoms with Crippen LogP contribution in [0.4, 0.5) is 0 Å². The van der Waals surface area contributed by atoms with Crippen molar-refractivity contribution in [1.29, 1.82) is 0 Å². The zero-order valence-electron chi connectivity index (χ0n) is 18.0. The number of allylic oxidation sites excluding steroid dienone is 3. The molecule has 4 aliphatic rings. The Kier molecular flexibility index (Phi) is 4.75. The normalized spacial score (nSPS) is 43.0. The zero-order valence-corrected chi connectivity index (χ0v) is 18.0. The number of hydrogen-bond acceptors (Lipinski definition) is 4. The Hall–Kier alpha value is -1.58. The van der Waals surface area contributed by atoms with Gasteiger partial charge >= 0.3 is 5.97 Å². The third kappa shape index (κ3) is 2.78. The zero-order chi connectivity index (χ0) is 20.3. The Balaban J connectivity index is 1.62. The third-order valence-corrected chi connectivity index (χ3v) is 8.82. The molecule has 0 radical (unpaired) electrons. The van der Waals surface area contributed by atoms with E-state index < -0.39 is 0 Å². The third-order valence-electron chi connectivity index (χ3n) is 8.82. The minimum atomic E-state index is -0.155. The first-order chi connectivity index (χ1) is 13.2. The Labute approximate surface area is 169 Å². The summed E-state index contributed by atoms with van der Waals surface area (Å²) < 4.78 is 5.55. The van der Waals surface area contributed by atoms with Crippen molar-refractivity contribution in [3.05, 3.63) is 22.8 Å². The van der Waals surface area contributed by atoms with Crippen LogP contribution in [0.3, 0.4) is 0 Å². The lowest BCUT2D eigenvalue weighted by atomic mass is 9.47. The van der Waals surface area contributed by atoms with Crippen molar-refractivity contribution in [3.8, 4) is 0 Å². The van der Waals surface area contributed by atoms with Crippen LogP contribution in [0.2, 0.25) is 0 Å². The summed E-state index contributed by atoms with van der Waals surface area (Å²) in [6, 6.07) is 0. The van der Waals surface area contributed by atoms with Crippen LogP contribution in [-0.4, -0.2) is 23.0 Å². The molecule has 0 aliphatic heterocycles. The van der Waals surface area contributed by atoms with Crippen LogP contribution >= 0.6 is 0 Å². The molecule has 0 spiro atoms. The van der Waals surface area contributed by atoms with Crippen LogP contribution in [0.1, 0.15) is 79.6 Å². The molecular formula is C24H35NO3. The summed E-state index contributed by atoms with van der Waals surface area (Å²) in [6.45, 7) is 10.6. The molecule has 6 atom stereocenters. The van der Waals surface area contributed by atoms with Crippen molar-refractivity contribution in [2.45, 2.75) is 85.7 Å². The van der Waals surface area contributed by atoms with Crippen LogP contribution in [0.25, 0.3) is 0 Å². The SMILES string of the molecule is CC(=O)OC1CC[C@@]2(C)C(=CC[C@@H]3[C@@H]2CC[C@]2(C)C(C(C)=NO)=C(C)C[C@@H]32)C1. The number of nitrogens with zero attached hydrogens (tertiary/aromatic N) is 1. The average Bonchev–Trinajstić information content (AvgIpc) is 2.91. The predicted molar refractivity (Wildman–Crippen MR) is 110 cm³/mol. The lowest BCUT2D eigenvalue weighted by Gasteiger charge is -2.57. The summed E-state index contributed by atoms with van der Waals surface area (Å²) in [6.07, 6.45) is 10.3. The highest BCUT2D eigenvalue weighted by Gasteiger charge is 2.58. The van der Waals surface area contributed by atoms with Crippen molar-refractivity contribution in [3.63, 3.8) is 0 Å². The molecule has 2 fully saturated rings. The summed E-state index contributed by atoms with van der Waals surface area (Å²) in [5.41, 5.74) is 5.46. The summed E-state index contributed by atoms with van der Waals surface area (Å²) in [7, 11) is 0. The molecule has 0 aromatic rings. The fraction of sp³-hybridized carbons (Fsp3) is 0.750. The maximum Gasteiger partial charge on any atom is 0.302 e. The molecule has 0 aromatic heterocycles. The molecule has 0 saturated heterocycles. The second-order valence-corrected chi connectivity index (χ2v) is 10.2. The fourth-order valence-corrected chi connectivity index (χ4v) is 7.66. The van der Waals surface area contributed by atoms with Gasteiger partial charge in [-0.2, -0.15) is 0 Å². The minimum absolute atomic E-state index is 0.0626. The Morgan fingerprint density at radius 2 is 1.86 bits per heavy atom. The van der Waals surface area contributed by atoms with Gasteiger partial charge < -0.3 is 9.94 Å². The smallest absolute Gasteiger partial charge is 0.302 e. The standard InChI is InChI=1S/C24H35NO3/c1-14-12-21-19-7-6-17-13-18(28-16(3)26)8-10-23(17,4)20(19)9-11-24(21,5)22(14)15(2)25-27/h6,18-21,27H,7-13H2,1-5H3/t18?,19-,20+,21+,23+,24+/m1/s1. The summed E-state index contributed by atoms with van der Waals surface area (Å²) >= 11 is 0. The molecule has 2 saturated carbocycles. The number of esters is 1. The van der Waals surface area contributed by atoms with E-state index in [1.165, 1.54) is 36.5 Å². The van der Waals surface area contributed by atoms with Crippen molar-refractivity contribution in [2.75, 3.05) is 0 Å². The number of hydrogen-bond donors (Lipinski definition) is 1. The van der Waals surface area contributed by atoms with Gasteiger partial charge in [0, 0.05) is 13.3 Å². The molecule has 0 bridgehead atoms. The lowest BCUT2D eigenvalue weighted by molar-refractivity contribution is -0.148. The van der Waals surface area contributed by atoms with Gasteiger partial charge in [-0.3, -0.25) is 4.79 Å². The average molecular weight is 386 g/mol. The summed E-state index contributed by atoms with van der Waals surface area (Å²) in [4.78, 5) is 11.4. The second-order valence-electron chi connectivity index (χ2n) is 10.2. The highest BCUT2D eigenvalue weighted by Crippen LogP contribution is 2.66. The Morgan fingerprint density at radius 1 is 1.14 bits per heavy atom. The van der Waals surface area contributed by atoms with Crippen LogP contribution in [0.15, 0.2) is 28.0 Å². The largest absolute Gasteiger partial charge is 0.462 e. The number of rotatable bonds is 2. The van der Waals surface area contributed by atoms with E-state index in [2.05, 4.69) is 32.0 Å². The Bertz CT molecular complexity index is 779. The van der Waals surface area contributed by atoms with Gasteiger partial charge in [-0.15, -0.1) is 0 Å². The fourth-order valence-electron chi connectivity index (χ4n) is 7.66. The summed E-state index contributed by atoms with van der Waals surface area (Å²) in [5.74, 6) is 1.88. The molecule has 4 nitrogen and oxygen atoms in total. The number of fused-ring (bicyclic) bond motifs is 5. The maximum absolute atomic E-state index is 11.4. The van der Waals surface area contributed by atoms with Crippen LogP contribution < -0.4 is 0 Å². The van der Waals surface area contributed by atoms with Gasteiger partial charge in [-0.1, -0.05) is 36.2 Å². The number of oxime groups is 1. The first kappa shape index (κ1) is 19.7. The van der Waals surface area contributed by atoms with Crippen molar-refractivity contribution >= 4 is 11.7 Å². The molecule has 1 unspecified atom stereocenters. The molecule has 0 aromatic carbocycles. The van der Waals surface area contributed by atoms with E-state index in [0.29, 0.717) is 17.8 Å². The van der Waals surface area contributed by atoms with Gasteiger partial charge in [0.25, 0.3) is 0 Å². The molecule has 4 heteroatoms. The first-order valence-electron chi connectivity index (χ1n) is 11.0. The van der Waals surface area contributed by atoms with Gasteiger partial charge in [0.05, 0.1) is 5.71 Å². The van der Waals surface area contributed by atoms with E-state index in [0.717, 1.165) is 37.8 Å². The molecule has 0 heterocycles. The quantitative estimate of drug-likeness (QED) is 0.219. The van der Waals surface area contributed by atoms with Crippen molar-refractivity contribution in [2.24, 2.45) is 33.7 Å². The number of carbonyl (C=O) groups is 1. The molecule has 4 aliphatic carbocycles. The molecular weight excluding hydrogens is 350 g/mol. The molecule has 1 N–H and O–H groups in total. The minimum Gasteiger partial charge on any atom is -0.462 e. The topological polar surface area (TPSA) is 58.9 Å². The van der Waals surface area contributed by atoms with E-state index in [-0.39, 0.29) is 22.9 Å². The number of ether oxygens (including phenoxy) is 1. The predicted octanol–water partition coefficient (Wildman–Crippen LogP) is 5.66. The van der Waals surface area contributed by atoms with E-state index in [4.69, 9.17) is 4.74 Å². The van der Waals surface area contributed by atoms with Crippen molar-refractivity contribution in [1.82, 2.24) is 0 Å². The van der Waals surface area contributed by atoms with Crippen LogP contribution in [-0.2, 0) is 9.53 Å². The van der Waals surface area contributed by atoms with Gasteiger partial charge in [0.1, 0.15) is 6.10 Å². The van der Waals surface area contributed by atoms with E-state index >= 15 is 0 Å². The van der Waals surface area contributed by atoms with Crippen LogP contribution in [0, 0.1) is 28.6 Å². The highest BCUT2D eigenvalue weighted by atomic mass is 16.5. The van der Waals surface area contributed by atoms with Crippen molar-refractivity contribution < 1.29 is 14.7 Å². The van der Waals surface area contributed by atoms with Gasteiger partial charge in [0.2, 0.25) is 0 Å². The summed E-state index contributed by atoms with van der Waals surface area (Å²) in [5, 5.41) is 13.0. The number of carbonyl (C=O) groups excluding carboxylic acids is 1. The highest BCUT2D eigenvalue weighted by molar-refractivity contribution is 6.00. The Morgan fingerprint density at radius 3 is 2.54 bits per heavy atom. The van der Waals surface area contributed by atoms with E-state index in [1.54, 1.807) is 0 Å². The van der Waals surface area contributed by atoms with Gasteiger partial charge in [0.15, 0.2) is 0 Å². The van der Waals surface area contributed by atoms with Gasteiger partial charge in [-0.05, 0) is 86.5 Å². The first-order valence-corrected chi connectivity index (χ1v) is 11.0. The maximum atomic E-state index is 11.4. The van der Waals surface area contributed by atoms with E-state index in [1.807, 2.05) is 6.92 Å². The molecule has 4 rings (SSSR count). The van der Waals surface area contributed by atoms with E-state index in [9.17, 15) is 10.0 Å². The second kappa shape index (κ2) is 6.74. The van der Waals surface area contributed by atoms with Crippen LogP contribution in [0.5, 0.6) is 0 Å². The molecule has 154 valence electrons. The monoisotopic (exact) mass is 385 g/mol. The lowest BCUT2D eigenvalue weighted by Crippen LogP contribution is -2.50. The molecule has 0 amide bonds.